The van der Waals surface area contributed by atoms with Crippen molar-refractivity contribution in [3.05, 3.63) is 81.5 Å². The Kier molecular flexibility index (Phi) is 5.84. The highest BCUT2D eigenvalue weighted by Gasteiger charge is 2.31. The number of thiophene rings is 1. The molecule has 32 heavy (non-hydrogen) atoms. The van der Waals surface area contributed by atoms with E-state index in [4.69, 9.17) is 0 Å². The van der Waals surface area contributed by atoms with E-state index >= 15 is 0 Å². The number of amides is 2. The first-order valence-corrected chi connectivity index (χ1v) is 10.5. The zero-order valence-electron chi connectivity index (χ0n) is 17.2. The second kappa shape index (κ2) is 8.58. The number of nitrogens with one attached hydrogen (secondary N) is 1. The van der Waals surface area contributed by atoms with Crippen molar-refractivity contribution < 1.29 is 22.8 Å². The summed E-state index contributed by atoms with van der Waals surface area (Å²) in [4.78, 5) is 32.2. The van der Waals surface area contributed by atoms with Crippen molar-refractivity contribution in [3.63, 3.8) is 0 Å². The Morgan fingerprint density at radius 2 is 1.78 bits per heavy atom. The normalized spacial score (nSPS) is 13.5. The highest BCUT2D eigenvalue weighted by molar-refractivity contribution is 7.17. The molecule has 0 fully saturated rings. The van der Waals surface area contributed by atoms with Gasteiger partial charge in [-0.05, 0) is 55.8 Å². The Balaban J connectivity index is 1.68. The quantitative estimate of drug-likeness (QED) is 0.622. The molecule has 3 aromatic rings. The number of carbonyl (C=O) groups is 2. The maximum absolute atomic E-state index is 13.9. The van der Waals surface area contributed by atoms with E-state index in [2.05, 4.69) is 10.3 Å². The SMILES string of the molecule is Cc1sc2c(c1C)C(c1ccc(F)cc1)=NCC(=O)N2CC(=O)Nc1ccc(F)cc1F. The summed E-state index contributed by atoms with van der Waals surface area (Å²) in [5.74, 6) is -3.10. The van der Waals surface area contributed by atoms with Crippen LogP contribution in [0.5, 0.6) is 0 Å². The lowest BCUT2D eigenvalue weighted by atomic mass is 10.00. The zero-order valence-corrected chi connectivity index (χ0v) is 18.0. The monoisotopic (exact) mass is 457 g/mol. The van der Waals surface area contributed by atoms with Crippen LogP contribution in [-0.4, -0.2) is 30.6 Å². The molecular weight excluding hydrogens is 439 g/mol. The first-order valence-electron chi connectivity index (χ1n) is 9.70. The minimum absolute atomic E-state index is 0.180. The molecule has 164 valence electrons. The van der Waals surface area contributed by atoms with E-state index in [0.29, 0.717) is 27.9 Å². The van der Waals surface area contributed by atoms with Gasteiger partial charge in [0.05, 0.1) is 11.4 Å². The fourth-order valence-corrected chi connectivity index (χ4v) is 4.60. The summed E-state index contributed by atoms with van der Waals surface area (Å²) in [6.07, 6.45) is 0. The van der Waals surface area contributed by atoms with E-state index in [1.165, 1.54) is 28.4 Å². The lowest BCUT2D eigenvalue weighted by Gasteiger charge is -2.20. The zero-order chi connectivity index (χ0) is 23.0. The minimum atomic E-state index is -0.911. The summed E-state index contributed by atoms with van der Waals surface area (Å²) in [7, 11) is 0. The third-order valence-electron chi connectivity index (χ3n) is 5.15. The molecule has 0 saturated heterocycles. The molecule has 4 rings (SSSR count). The summed E-state index contributed by atoms with van der Waals surface area (Å²) < 4.78 is 40.5. The fourth-order valence-electron chi connectivity index (χ4n) is 3.43. The molecule has 1 N–H and O–H groups in total. The number of rotatable bonds is 4. The molecule has 2 aromatic carbocycles. The van der Waals surface area contributed by atoms with Gasteiger partial charge in [0.2, 0.25) is 11.8 Å². The number of carbonyl (C=O) groups excluding carboxylic acids is 2. The van der Waals surface area contributed by atoms with Gasteiger partial charge in [-0.3, -0.25) is 19.5 Å². The molecule has 2 heterocycles. The minimum Gasteiger partial charge on any atom is -0.322 e. The molecule has 1 aliphatic rings. The van der Waals surface area contributed by atoms with Crippen LogP contribution in [-0.2, 0) is 9.59 Å². The van der Waals surface area contributed by atoms with Gasteiger partial charge in [0.1, 0.15) is 35.5 Å². The summed E-state index contributed by atoms with van der Waals surface area (Å²) in [5.41, 5.74) is 2.62. The molecule has 2 amide bonds. The van der Waals surface area contributed by atoms with Crippen LogP contribution in [0, 0.1) is 31.3 Å². The van der Waals surface area contributed by atoms with Gasteiger partial charge in [-0.1, -0.05) is 0 Å². The predicted molar refractivity (Wildman–Crippen MR) is 118 cm³/mol. The molecule has 0 atom stereocenters. The molecule has 0 saturated carbocycles. The van der Waals surface area contributed by atoms with Gasteiger partial charge in [-0.15, -0.1) is 11.3 Å². The van der Waals surface area contributed by atoms with Crippen LogP contribution < -0.4 is 10.2 Å². The molecule has 0 radical (unpaired) electrons. The summed E-state index contributed by atoms with van der Waals surface area (Å²) >= 11 is 1.34. The molecular formula is C23H18F3N3O2S. The van der Waals surface area contributed by atoms with Gasteiger partial charge >= 0.3 is 0 Å². The Bertz CT molecular complexity index is 1250. The first kappa shape index (κ1) is 21.8. The summed E-state index contributed by atoms with van der Waals surface area (Å²) in [6, 6.07) is 8.64. The van der Waals surface area contributed by atoms with Crippen LogP contribution in [0.1, 0.15) is 21.6 Å². The van der Waals surface area contributed by atoms with E-state index in [1.807, 2.05) is 13.8 Å². The van der Waals surface area contributed by atoms with Gasteiger partial charge < -0.3 is 5.32 Å². The van der Waals surface area contributed by atoms with E-state index in [-0.39, 0.29) is 24.6 Å². The number of fused-ring (bicyclic) bond motifs is 1. The van der Waals surface area contributed by atoms with Crippen molar-refractivity contribution in [3.8, 4) is 0 Å². The van der Waals surface area contributed by atoms with Gasteiger partial charge in [-0.25, -0.2) is 13.2 Å². The van der Waals surface area contributed by atoms with Crippen molar-refractivity contribution in [2.75, 3.05) is 23.3 Å². The Hall–Kier alpha value is -3.46. The van der Waals surface area contributed by atoms with Gasteiger partial charge in [0.25, 0.3) is 0 Å². The van der Waals surface area contributed by atoms with Crippen molar-refractivity contribution in [1.29, 1.82) is 0 Å². The van der Waals surface area contributed by atoms with Crippen molar-refractivity contribution in [2.45, 2.75) is 13.8 Å². The molecule has 1 aromatic heterocycles. The standard InChI is InChI=1S/C23H18F3N3O2S/c1-12-13(2)32-23-21(12)22(14-3-5-15(24)6-4-14)27-10-20(31)29(23)11-19(30)28-18-8-7-16(25)9-17(18)26/h3-9H,10-11H2,1-2H3,(H,28,30). The number of anilines is 2. The number of benzene rings is 2. The van der Waals surface area contributed by atoms with Crippen molar-refractivity contribution in [1.82, 2.24) is 0 Å². The molecule has 0 spiro atoms. The van der Waals surface area contributed by atoms with Gasteiger partial charge in [-0.2, -0.15) is 0 Å². The van der Waals surface area contributed by atoms with Crippen molar-refractivity contribution >= 4 is 39.6 Å². The number of hydrogen-bond acceptors (Lipinski definition) is 4. The number of hydrogen-bond donors (Lipinski definition) is 1. The maximum atomic E-state index is 13.9. The topological polar surface area (TPSA) is 61.8 Å². The Morgan fingerprint density at radius 1 is 1.09 bits per heavy atom. The highest BCUT2D eigenvalue weighted by atomic mass is 32.1. The van der Waals surface area contributed by atoms with Crippen LogP contribution in [0.4, 0.5) is 23.9 Å². The van der Waals surface area contributed by atoms with Crippen LogP contribution >= 0.6 is 11.3 Å². The lowest BCUT2D eigenvalue weighted by Crippen LogP contribution is -2.38. The van der Waals surface area contributed by atoms with E-state index in [1.54, 1.807) is 12.1 Å². The van der Waals surface area contributed by atoms with Crippen molar-refractivity contribution in [2.24, 2.45) is 4.99 Å². The smallest absolute Gasteiger partial charge is 0.249 e. The molecule has 1 aliphatic heterocycles. The van der Waals surface area contributed by atoms with Crippen LogP contribution in [0.25, 0.3) is 0 Å². The maximum Gasteiger partial charge on any atom is 0.249 e. The predicted octanol–water partition coefficient (Wildman–Crippen LogP) is 4.60. The van der Waals surface area contributed by atoms with Crippen LogP contribution in [0.15, 0.2) is 47.5 Å². The third-order valence-corrected chi connectivity index (χ3v) is 6.38. The highest BCUT2D eigenvalue weighted by Crippen LogP contribution is 2.38. The van der Waals surface area contributed by atoms with E-state index < -0.39 is 23.4 Å². The Morgan fingerprint density at radius 3 is 2.47 bits per heavy atom. The number of halogens is 3. The first-order chi connectivity index (χ1) is 15.2. The van der Waals surface area contributed by atoms with Gasteiger partial charge in [0, 0.05) is 22.1 Å². The lowest BCUT2D eigenvalue weighted by molar-refractivity contribution is -0.120. The second-order valence-corrected chi connectivity index (χ2v) is 8.49. The number of aryl methyl sites for hydroxylation is 1. The number of aliphatic imine (C=N–C) groups is 1. The molecule has 0 bridgehead atoms. The summed E-state index contributed by atoms with van der Waals surface area (Å²) in [6.45, 7) is 3.22. The van der Waals surface area contributed by atoms with Crippen LogP contribution in [0.3, 0.4) is 0 Å². The largest absolute Gasteiger partial charge is 0.322 e. The van der Waals surface area contributed by atoms with E-state index in [0.717, 1.165) is 22.6 Å². The second-order valence-electron chi connectivity index (χ2n) is 7.29. The molecule has 0 aliphatic carbocycles. The van der Waals surface area contributed by atoms with E-state index in [9.17, 15) is 22.8 Å². The average molecular weight is 457 g/mol. The molecule has 0 unspecified atom stereocenters. The summed E-state index contributed by atoms with van der Waals surface area (Å²) in [5, 5.41) is 2.92. The third kappa shape index (κ3) is 4.16. The molecule has 5 nitrogen and oxygen atoms in total. The average Bonchev–Trinajstić information content (AvgIpc) is 2.96. The fraction of sp³-hybridized carbons (Fsp3) is 0.174. The van der Waals surface area contributed by atoms with Crippen LogP contribution in [0.2, 0.25) is 0 Å². The number of nitrogens with zero attached hydrogens (tertiary/aromatic N) is 2. The molecule has 9 heteroatoms. The van der Waals surface area contributed by atoms with Gasteiger partial charge in [0.15, 0.2) is 0 Å². The Labute approximate surface area is 186 Å².